The highest BCUT2D eigenvalue weighted by Crippen LogP contribution is 2.34. The standard InChI is InChI=1S/C17H21N3O3S.2C2HF3O2/c21-17(19-8-12-2-1-5-22-12)14-9-20(11-16-18-4-7-24-16)10-15-13(14)3-6-23-15;2*3-2(4,5)1(6)7/h1-2,4-5,7,13-15H,3,6,8-11H2,(H,19,21);2*(H,6,7)/t13-,14-,15+;;/m0../s1. The number of halogens is 6. The Morgan fingerprint density at radius 1 is 1.11 bits per heavy atom. The monoisotopic (exact) mass is 575 g/mol. The Bertz CT molecular complexity index is 1010. The first kappa shape index (κ1) is 31.0. The average molecular weight is 575 g/mol. The Kier molecular flexibility index (Phi) is 11.1. The summed E-state index contributed by atoms with van der Waals surface area (Å²) >= 11 is 1.65. The molecule has 0 aliphatic carbocycles. The van der Waals surface area contributed by atoms with Gasteiger partial charge in [-0.1, -0.05) is 0 Å². The fourth-order valence-electron chi connectivity index (χ4n) is 3.70. The summed E-state index contributed by atoms with van der Waals surface area (Å²) in [6, 6.07) is 3.70. The van der Waals surface area contributed by atoms with Gasteiger partial charge in [-0.05, 0) is 18.6 Å². The summed E-state index contributed by atoms with van der Waals surface area (Å²) in [5.74, 6) is -4.37. The average Bonchev–Trinajstić information content (AvgIpc) is 3.59. The molecule has 0 radical (unpaired) electrons. The zero-order valence-corrected chi connectivity index (χ0v) is 20.2. The van der Waals surface area contributed by atoms with Crippen LogP contribution in [-0.4, -0.2) is 76.1 Å². The van der Waals surface area contributed by atoms with Crippen LogP contribution in [0.1, 0.15) is 17.2 Å². The number of aromatic nitrogens is 1. The third kappa shape index (κ3) is 9.94. The number of piperidine rings is 1. The predicted molar refractivity (Wildman–Crippen MR) is 117 cm³/mol. The molecule has 0 bridgehead atoms. The van der Waals surface area contributed by atoms with Gasteiger partial charge in [0.2, 0.25) is 5.91 Å². The van der Waals surface area contributed by atoms with Gasteiger partial charge in [0.05, 0.1) is 31.4 Å². The number of hydrogen-bond acceptors (Lipinski definition) is 8. The predicted octanol–water partition coefficient (Wildman–Crippen LogP) is 3.16. The Morgan fingerprint density at radius 2 is 1.74 bits per heavy atom. The van der Waals surface area contributed by atoms with Crippen LogP contribution in [0.2, 0.25) is 0 Å². The molecule has 0 unspecified atom stereocenters. The van der Waals surface area contributed by atoms with E-state index in [-0.39, 0.29) is 17.9 Å². The number of carbonyl (C=O) groups excluding carboxylic acids is 1. The molecule has 3 atom stereocenters. The van der Waals surface area contributed by atoms with E-state index in [4.69, 9.17) is 29.0 Å². The van der Waals surface area contributed by atoms with Crippen molar-refractivity contribution in [2.45, 2.75) is 38.0 Å². The minimum absolute atomic E-state index is 0.0406. The molecule has 0 saturated carbocycles. The van der Waals surface area contributed by atoms with Gasteiger partial charge in [-0.3, -0.25) is 9.69 Å². The summed E-state index contributed by atoms with van der Waals surface area (Å²) in [6.07, 6.45) is -5.60. The SMILES string of the molecule is O=C(NCc1ccco1)[C@H]1CN(Cc2nccs2)C[C@H]2OCC[C@@H]12.O=C(O)C(F)(F)F.O=C(O)C(F)(F)F. The number of nitrogens with zero attached hydrogens (tertiary/aromatic N) is 2. The number of likely N-dealkylation sites (tertiary alicyclic amines) is 1. The number of rotatable bonds is 5. The quantitative estimate of drug-likeness (QED) is 0.459. The van der Waals surface area contributed by atoms with Gasteiger partial charge in [0, 0.05) is 37.2 Å². The second-order valence-corrected chi connectivity index (χ2v) is 8.97. The van der Waals surface area contributed by atoms with Crippen molar-refractivity contribution < 1.29 is 60.1 Å². The zero-order valence-electron chi connectivity index (χ0n) is 19.4. The van der Waals surface area contributed by atoms with Crippen molar-refractivity contribution in [2.24, 2.45) is 11.8 Å². The molecular formula is C21H23F6N3O7S. The normalized spacial score (nSPS) is 21.3. The van der Waals surface area contributed by atoms with E-state index in [1.165, 1.54) is 0 Å². The molecule has 10 nitrogen and oxygen atoms in total. The maximum absolute atomic E-state index is 12.7. The molecule has 2 aliphatic heterocycles. The van der Waals surface area contributed by atoms with Gasteiger partial charge < -0.3 is 24.7 Å². The van der Waals surface area contributed by atoms with E-state index >= 15 is 0 Å². The number of aliphatic carboxylic acids is 2. The smallest absolute Gasteiger partial charge is 0.475 e. The zero-order chi connectivity index (χ0) is 28.5. The second-order valence-electron chi connectivity index (χ2n) is 7.99. The van der Waals surface area contributed by atoms with Crippen molar-refractivity contribution in [1.29, 1.82) is 0 Å². The van der Waals surface area contributed by atoms with Gasteiger partial charge in [-0.15, -0.1) is 11.3 Å². The lowest BCUT2D eigenvalue weighted by atomic mass is 9.82. The van der Waals surface area contributed by atoms with Gasteiger partial charge in [-0.2, -0.15) is 26.3 Å². The van der Waals surface area contributed by atoms with Crippen LogP contribution in [0.5, 0.6) is 0 Å². The Labute approximate surface area is 215 Å². The largest absolute Gasteiger partial charge is 0.490 e. The van der Waals surface area contributed by atoms with E-state index in [0.29, 0.717) is 12.5 Å². The van der Waals surface area contributed by atoms with E-state index in [0.717, 1.165) is 43.4 Å². The molecule has 0 aromatic carbocycles. The van der Waals surface area contributed by atoms with E-state index in [9.17, 15) is 31.1 Å². The molecule has 2 saturated heterocycles. The summed E-state index contributed by atoms with van der Waals surface area (Å²) in [4.78, 5) is 37.2. The van der Waals surface area contributed by atoms with Crippen LogP contribution in [0.4, 0.5) is 26.3 Å². The Hall–Kier alpha value is -3.18. The maximum Gasteiger partial charge on any atom is 0.490 e. The summed E-state index contributed by atoms with van der Waals surface area (Å²) in [5, 5.41) is 20.3. The molecule has 4 rings (SSSR count). The Morgan fingerprint density at radius 3 is 2.24 bits per heavy atom. The van der Waals surface area contributed by atoms with Crippen molar-refractivity contribution >= 4 is 29.2 Å². The molecule has 38 heavy (non-hydrogen) atoms. The highest BCUT2D eigenvalue weighted by atomic mass is 32.1. The highest BCUT2D eigenvalue weighted by molar-refractivity contribution is 7.09. The number of carbonyl (C=O) groups is 3. The Balaban J connectivity index is 0.000000301. The molecule has 0 spiro atoms. The molecule has 3 N–H and O–H groups in total. The number of nitrogens with one attached hydrogen (secondary N) is 1. The molecule has 2 aromatic heterocycles. The molecule has 2 fully saturated rings. The van der Waals surface area contributed by atoms with Crippen molar-refractivity contribution in [2.75, 3.05) is 19.7 Å². The topological polar surface area (TPSA) is 142 Å². The molecule has 4 heterocycles. The van der Waals surface area contributed by atoms with E-state index < -0.39 is 24.3 Å². The lowest BCUT2D eigenvalue weighted by molar-refractivity contribution is -0.193. The lowest BCUT2D eigenvalue weighted by Gasteiger charge is -2.38. The number of ether oxygens (including phenoxy) is 1. The fraction of sp³-hybridized carbons (Fsp3) is 0.524. The van der Waals surface area contributed by atoms with E-state index in [1.807, 2.05) is 23.7 Å². The summed E-state index contributed by atoms with van der Waals surface area (Å²) < 4.78 is 74.6. The second kappa shape index (κ2) is 13.6. The fourth-order valence-corrected chi connectivity index (χ4v) is 4.36. The van der Waals surface area contributed by atoms with Crippen LogP contribution >= 0.6 is 11.3 Å². The number of alkyl halides is 6. The van der Waals surface area contributed by atoms with Crippen LogP contribution < -0.4 is 5.32 Å². The third-order valence-corrected chi connectivity index (χ3v) is 6.12. The van der Waals surface area contributed by atoms with Gasteiger partial charge in [0.1, 0.15) is 10.8 Å². The van der Waals surface area contributed by atoms with Crippen LogP contribution in [0, 0.1) is 11.8 Å². The molecule has 17 heteroatoms. The van der Waals surface area contributed by atoms with Gasteiger partial charge in [0.25, 0.3) is 0 Å². The number of fused-ring (bicyclic) bond motifs is 1. The van der Waals surface area contributed by atoms with Crippen molar-refractivity contribution in [3.63, 3.8) is 0 Å². The first-order chi connectivity index (χ1) is 17.7. The molecule has 2 aliphatic rings. The van der Waals surface area contributed by atoms with Crippen molar-refractivity contribution in [1.82, 2.24) is 15.2 Å². The summed E-state index contributed by atoms with van der Waals surface area (Å²) in [7, 11) is 0. The van der Waals surface area contributed by atoms with E-state index in [2.05, 4.69) is 15.2 Å². The first-order valence-electron chi connectivity index (χ1n) is 10.8. The van der Waals surface area contributed by atoms with Crippen molar-refractivity contribution in [3.05, 3.63) is 40.7 Å². The number of furan rings is 1. The third-order valence-electron chi connectivity index (χ3n) is 5.35. The number of carboxylic acids is 2. The highest BCUT2D eigenvalue weighted by Gasteiger charge is 2.44. The summed E-state index contributed by atoms with van der Waals surface area (Å²) in [6.45, 7) is 3.61. The molecule has 1 amide bonds. The molecule has 212 valence electrons. The van der Waals surface area contributed by atoms with Crippen molar-refractivity contribution in [3.8, 4) is 0 Å². The summed E-state index contributed by atoms with van der Waals surface area (Å²) in [5.41, 5.74) is 0. The number of hydrogen-bond donors (Lipinski definition) is 3. The van der Waals surface area contributed by atoms with Gasteiger partial charge >= 0.3 is 24.3 Å². The van der Waals surface area contributed by atoms with E-state index in [1.54, 1.807) is 17.6 Å². The van der Waals surface area contributed by atoms with Crippen LogP contribution in [0.3, 0.4) is 0 Å². The van der Waals surface area contributed by atoms with Crippen LogP contribution in [-0.2, 0) is 32.2 Å². The van der Waals surface area contributed by atoms with Gasteiger partial charge in [-0.25, -0.2) is 14.6 Å². The minimum Gasteiger partial charge on any atom is -0.475 e. The molecular weight excluding hydrogens is 552 g/mol. The van der Waals surface area contributed by atoms with Crippen LogP contribution in [0.25, 0.3) is 0 Å². The number of carboxylic acid groups (broad SMARTS) is 2. The minimum atomic E-state index is -5.08. The van der Waals surface area contributed by atoms with Crippen LogP contribution in [0.15, 0.2) is 34.4 Å². The number of thiazole rings is 1. The maximum atomic E-state index is 12.7. The van der Waals surface area contributed by atoms with Gasteiger partial charge in [0.15, 0.2) is 0 Å². The lowest BCUT2D eigenvalue weighted by Crippen LogP contribution is -2.52. The number of amides is 1. The first-order valence-corrected chi connectivity index (χ1v) is 11.7. The molecule has 2 aromatic rings.